The van der Waals surface area contributed by atoms with Crippen LogP contribution in [-0.2, 0) is 9.84 Å². The van der Waals surface area contributed by atoms with E-state index in [1.54, 1.807) is 35.1 Å². The molecule has 0 atom stereocenters. The zero-order valence-electron chi connectivity index (χ0n) is 17.1. The minimum Gasteiger partial charge on any atom is -0.322 e. The molecule has 1 aliphatic rings. The number of anilines is 1. The van der Waals surface area contributed by atoms with Crippen molar-refractivity contribution in [3.63, 3.8) is 0 Å². The highest BCUT2D eigenvalue weighted by atomic mass is 32.2. The van der Waals surface area contributed by atoms with Crippen LogP contribution in [-0.4, -0.2) is 29.4 Å². The summed E-state index contributed by atoms with van der Waals surface area (Å²) in [5.41, 5.74) is 3.76. The molecule has 0 bridgehead atoms. The van der Waals surface area contributed by atoms with E-state index in [2.05, 4.69) is 10.4 Å². The van der Waals surface area contributed by atoms with Crippen LogP contribution in [0.4, 0.5) is 5.69 Å². The Labute approximate surface area is 176 Å². The summed E-state index contributed by atoms with van der Waals surface area (Å²) in [7, 11) is -3.30. The summed E-state index contributed by atoms with van der Waals surface area (Å²) >= 11 is 0. The normalized spacial score (nSPS) is 14.7. The summed E-state index contributed by atoms with van der Waals surface area (Å²) < 4.78 is 27.1. The molecule has 1 aliphatic carbocycles. The maximum atomic E-state index is 12.8. The Balaban J connectivity index is 1.51. The molecule has 0 radical (unpaired) electrons. The summed E-state index contributed by atoms with van der Waals surface area (Å²) in [5, 5.41) is 6.91. The van der Waals surface area contributed by atoms with Crippen molar-refractivity contribution in [3.8, 4) is 5.69 Å². The van der Waals surface area contributed by atoms with Crippen molar-refractivity contribution in [2.45, 2.75) is 49.7 Å². The molecular weight excluding hydrogens is 398 g/mol. The zero-order chi connectivity index (χ0) is 21.3. The van der Waals surface area contributed by atoms with Crippen LogP contribution in [0.2, 0.25) is 0 Å². The van der Waals surface area contributed by atoms with E-state index in [9.17, 15) is 13.2 Å². The number of sulfone groups is 1. The average molecular weight is 424 g/mol. The summed E-state index contributed by atoms with van der Waals surface area (Å²) in [5.74, 6) is -0.280. The number of nitrogens with zero attached hydrogens (tertiary/aromatic N) is 2. The van der Waals surface area contributed by atoms with Gasteiger partial charge in [0.25, 0.3) is 5.91 Å². The van der Waals surface area contributed by atoms with Crippen molar-refractivity contribution in [2.75, 3.05) is 5.32 Å². The Morgan fingerprint density at radius 1 is 1.07 bits per heavy atom. The van der Waals surface area contributed by atoms with E-state index in [1.807, 2.05) is 38.1 Å². The van der Waals surface area contributed by atoms with Gasteiger partial charge in [0, 0.05) is 5.69 Å². The van der Waals surface area contributed by atoms with Gasteiger partial charge in [-0.2, -0.15) is 5.10 Å². The monoisotopic (exact) mass is 423 g/mol. The SMILES string of the molecule is Cc1cccc(-n2ncc(C(=O)Nc3ccc(S(=O)(=O)C4CCCC4)cc3)c2C)c1. The van der Waals surface area contributed by atoms with Crippen molar-refractivity contribution < 1.29 is 13.2 Å². The molecule has 6 nitrogen and oxygen atoms in total. The van der Waals surface area contributed by atoms with Crippen LogP contribution in [0.1, 0.15) is 47.3 Å². The lowest BCUT2D eigenvalue weighted by atomic mass is 10.2. The summed E-state index contributed by atoms with van der Waals surface area (Å²) in [6, 6.07) is 14.3. The van der Waals surface area contributed by atoms with E-state index < -0.39 is 9.84 Å². The van der Waals surface area contributed by atoms with Crippen LogP contribution < -0.4 is 5.32 Å². The Hall–Kier alpha value is -2.93. The second-order valence-electron chi connectivity index (χ2n) is 7.82. The number of carbonyl (C=O) groups excluding carboxylic acids is 1. The van der Waals surface area contributed by atoms with Gasteiger partial charge in [-0.1, -0.05) is 25.0 Å². The Bertz CT molecular complexity index is 1170. The van der Waals surface area contributed by atoms with E-state index in [-0.39, 0.29) is 11.2 Å². The van der Waals surface area contributed by atoms with E-state index in [0.29, 0.717) is 16.1 Å². The van der Waals surface area contributed by atoms with Crippen molar-refractivity contribution in [1.82, 2.24) is 9.78 Å². The summed E-state index contributed by atoms with van der Waals surface area (Å²) in [6.07, 6.45) is 4.93. The molecule has 0 aliphatic heterocycles. The quantitative estimate of drug-likeness (QED) is 0.657. The first-order chi connectivity index (χ1) is 14.4. The smallest absolute Gasteiger partial charge is 0.259 e. The van der Waals surface area contributed by atoms with Crippen LogP contribution in [0.5, 0.6) is 0 Å². The standard InChI is InChI=1S/C23H25N3O3S/c1-16-6-5-7-19(14-16)26-17(2)22(15-24-26)23(27)25-18-10-12-21(13-11-18)30(28,29)20-8-3-4-9-20/h5-7,10-15,20H,3-4,8-9H2,1-2H3,(H,25,27). The third kappa shape index (κ3) is 3.89. The van der Waals surface area contributed by atoms with Crippen LogP contribution in [0.3, 0.4) is 0 Å². The van der Waals surface area contributed by atoms with E-state index in [4.69, 9.17) is 0 Å². The Morgan fingerprint density at radius 3 is 2.43 bits per heavy atom. The number of aromatic nitrogens is 2. The molecule has 4 rings (SSSR count). The molecular formula is C23H25N3O3S. The molecule has 0 saturated heterocycles. The van der Waals surface area contributed by atoms with Crippen LogP contribution >= 0.6 is 0 Å². The van der Waals surface area contributed by atoms with E-state index in [0.717, 1.165) is 42.6 Å². The van der Waals surface area contributed by atoms with Gasteiger partial charge in [-0.25, -0.2) is 13.1 Å². The van der Waals surface area contributed by atoms with Gasteiger partial charge in [-0.3, -0.25) is 4.79 Å². The molecule has 156 valence electrons. The van der Waals surface area contributed by atoms with Gasteiger partial charge in [0.1, 0.15) is 0 Å². The molecule has 1 N–H and O–H groups in total. The summed E-state index contributed by atoms with van der Waals surface area (Å²) in [6.45, 7) is 3.86. The van der Waals surface area contributed by atoms with Crippen LogP contribution in [0, 0.1) is 13.8 Å². The largest absolute Gasteiger partial charge is 0.322 e. The first kappa shape index (κ1) is 20.3. The average Bonchev–Trinajstić information content (AvgIpc) is 3.39. The Kier molecular flexibility index (Phi) is 5.47. The lowest BCUT2D eigenvalue weighted by Gasteiger charge is -2.12. The van der Waals surface area contributed by atoms with E-state index >= 15 is 0 Å². The molecule has 1 aromatic heterocycles. The maximum absolute atomic E-state index is 12.8. The molecule has 1 amide bonds. The predicted molar refractivity (Wildman–Crippen MR) is 117 cm³/mol. The topological polar surface area (TPSA) is 81.1 Å². The highest BCUT2D eigenvalue weighted by Gasteiger charge is 2.30. The fourth-order valence-corrected chi connectivity index (χ4v) is 5.82. The van der Waals surface area contributed by atoms with Gasteiger partial charge < -0.3 is 5.32 Å². The highest BCUT2D eigenvalue weighted by Crippen LogP contribution is 2.30. The molecule has 7 heteroatoms. The van der Waals surface area contributed by atoms with Gasteiger partial charge >= 0.3 is 0 Å². The Morgan fingerprint density at radius 2 is 1.77 bits per heavy atom. The minimum atomic E-state index is -3.30. The predicted octanol–water partition coefficient (Wildman–Crippen LogP) is 4.46. The third-order valence-corrected chi connectivity index (χ3v) is 7.96. The molecule has 30 heavy (non-hydrogen) atoms. The minimum absolute atomic E-state index is 0.280. The second kappa shape index (κ2) is 8.07. The van der Waals surface area contributed by atoms with Gasteiger partial charge in [-0.15, -0.1) is 0 Å². The van der Waals surface area contributed by atoms with Crippen molar-refractivity contribution in [1.29, 1.82) is 0 Å². The molecule has 1 fully saturated rings. The lowest BCUT2D eigenvalue weighted by molar-refractivity contribution is 0.102. The van der Waals surface area contributed by atoms with Gasteiger partial charge in [0.05, 0.1) is 33.3 Å². The van der Waals surface area contributed by atoms with Crippen LogP contribution in [0.25, 0.3) is 5.69 Å². The third-order valence-electron chi connectivity index (χ3n) is 5.68. The van der Waals surface area contributed by atoms with Crippen LogP contribution in [0.15, 0.2) is 59.6 Å². The summed E-state index contributed by atoms with van der Waals surface area (Å²) in [4.78, 5) is 13.1. The van der Waals surface area contributed by atoms with E-state index in [1.165, 1.54) is 0 Å². The maximum Gasteiger partial charge on any atom is 0.259 e. The number of hydrogen-bond donors (Lipinski definition) is 1. The molecule has 3 aromatic rings. The fraction of sp³-hybridized carbons (Fsp3) is 0.304. The highest BCUT2D eigenvalue weighted by molar-refractivity contribution is 7.92. The second-order valence-corrected chi connectivity index (χ2v) is 10.1. The van der Waals surface area contributed by atoms with Crippen molar-refractivity contribution in [3.05, 3.63) is 71.5 Å². The lowest BCUT2D eigenvalue weighted by Crippen LogP contribution is -2.18. The first-order valence-corrected chi connectivity index (χ1v) is 11.7. The van der Waals surface area contributed by atoms with Gasteiger partial charge in [0.2, 0.25) is 0 Å². The van der Waals surface area contributed by atoms with Crippen molar-refractivity contribution in [2.24, 2.45) is 0 Å². The number of benzene rings is 2. The fourth-order valence-electron chi connectivity index (χ4n) is 3.97. The molecule has 0 spiro atoms. The molecule has 1 saturated carbocycles. The number of carbonyl (C=O) groups is 1. The number of rotatable bonds is 5. The molecule has 0 unspecified atom stereocenters. The van der Waals surface area contributed by atoms with Gasteiger partial charge in [-0.05, 0) is 68.7 Å². The number of amides is 1. The molecule has 2 aromatic carbocycles. The molecule has 1 heterocycles. The number of nitrogens with one attached hydrogen (secondary N) is 1. The first-order valence-electron chi connectivity index (χ1n) is 10.1. The number of aryl methyl sites for hydroxylation is 1. The number of hydrogen-bond acceptors (Lipinski definition) is 4. The zero-order valence-corrected chi connectivity index (χ0v) is 17.9. The van der Waals surface area contributed by atoms with Gasteiger partial charge in [0.15, 0.2) is 9.84 Å². The van der Waals surface area contributed by atoms with Crippen molar-refractivity contribution >= 4 is 21.4 Å².